The number of ketones is 1. The molecule has 1 unspecified atom stereocenters. The second-order valence-electron chi connectivity index (χ2n) is 8.54. The molecule has 1 heterocycles. The van der Waals surface area contributed by atoms with Gasteiger partial charge in [0.15, 0.2) is 0 Å². The number of nitrogens with zero attached hydrogens (tertiary/aromatic N) is 2. The Morgan fingerprint density at radius 1 is 1.09 bits per heavy atom. The molecule has 1 N–H and O–H groups in total. The van der Waals surface area contributed by atoms with Gasteiger partial charge in [0.05, 0.1) is 18.2 Å². The highest BCUT2D eigenvalue weighted by Gasteiger charge is 2.45. The Labute approximate surface area is 190 Å². The van der Waals surface area contributed by atoms with Crippen molar-refractivity contribution in [1.29, 1.82) is 0 Å². The maximum absolute atomic E-state index is 13.1. The average molecular weight is 437 g/mol. The van der Waals surface area contributed by atoms with E-state index in [1.165, 1.54) is 0 Å². The van der Waals surface area contributed by atoms with Crippen LogP contribution in [0.15, 0.2) is 48.0 Å². The van der Waals surface area contributed by atoms with Crippen molar-refractivity contribution >= 4 is 17.4 Å². The topological polar surface area (TPSA) is 70.1 Å². The molecule has 1 atom stereocenters. The van der Waals surface area contributed by atoms with E-state index >= 15 is 0 Å². The predicted molar refractivity (Wildman–Crippen MR) is 126 cm³/mol. The number of hydrogen-bond donors (Lipinski definition) is 1. The van der Waals surface area contributed by atoms with Crippen molar-refractivity contribution in [1.82, 2.24) is 9.80 Å². The van der Waals surface area contributed by atoms with E-state index in [0.29, 0.717) is 25.3 Å². The minimum Gasteiger partial charge on any atom is -0.507 e. The number of benzene rings is 2. The molecule has 2 aromatic rings. The van der Waals surface area contributed by atoms with Crippen LogP contribution in [0.25, 0.3) is 5.76 Å². The van der Waals surface area contributed by atoms with Crippen LogP contribution < -0.4 is 4.74 Å². The number of carbonyl (C=O) groups excluding carboxylic acids is 2. The Morgan fingerprint density at radius 3 is 2.38 bits per heavy atom. The SMILES string of the molecule is CCCOc1ccc(/C(O)=C2/C(=O)C(=O)N(CCN(C)C)C2c2ccc(C)cc2)cc1C. The second-order valence-corrected chi connectivity index (χ2v) is 8.54. The van der Waals surface area contributed by atoms with E-state index in [0.717, 1.165) is 28.9 Å². The van der Waals surface area contributed by atoms with E-state index in [1.54, 1.807) is 23.1 Å². The molecule has 6 heteroatoms. The second kappa shape index (κ2) is 10.0. The van der Waals surface area contributed by atoms with Gasteiger partial charge in [-0.05, 0) is 63.7 Å². The number of carbonyl (C=O) groups is 2. The molecule has 0 aromatic heterocycles. The van der Waals surface area contributed by atoms with Crippen LogP contribution in [0.5, 0.6) is 5.75 Å². The summed E-state index contributed by atoms with van der Waals surface area (Å²) in [4.78, 5) is 29.5. The summed E-state index contributed by atoms with van der Waals surface area (Å²) in [6.07, 6.45) is 0.897. The van der Waals surface area contributed by atoms with Crippen molar-refractivity contribution in [3.05, 3.63) is 70.3 Å². The lowest BCUT2D eigenvalue weighted by Gasteiger charge is -2.26. The maximum Gasteiger partial charge on any atom is 0.295 e. The first kappa shape index (κ1) is 23.5. The third-order valence-corrected chi connectivity index (χ3v) is 5.63. The summed E-state index contributed by atoms with van der Waals surface area (Å²) in [5.74, 6) is -0.661. The molecule has 1 fully saturated rings. The summed E-state index contributed by atoms with van der Waals surface area (Å²) in [6, 6.07) is 12.4. The number of hydrogen-bond acceptors (Lipinski definition) is 5. The van der Waals surface area contributed by atoms with Crippen LogP contribution >= 0.6 is 0 Å². The van der Waals surface area contributed by atoms with E-state index in [2.05, 4.69) is 0 Å². The lowest BCUT2D eigenvalue weighted by molar-refractivity contribution is -0.140. The summed E-state index contributed by atoms with van der Waals surface area (Å²) in [6.45, 7) is 7.52. The predicted octanol–water partition coefficient (Wildman–Crippen LogP) is 4.08. The molecule has 6 nitrogen and oxygen atoms in total. The summed E-state index contributed by atoms with van der Waals surface area (Å²) in [7, 11) is 3.84. The van der Waals surface area contributed by atoms with E-state index < -0.39 is 17.7 Å². The van der Waals surface area contributed by atoms with Crippen LogP contribution in [0.4, 0.5) is 0 Å². The standard InChI is InChI=1S/C26H32N2O4/c1-6-15-32-21-12-11-20(16-18(21)3)24(29)22-23(19-9-7-17(2)8-10-19)28(14-13-27(4)5)26(31)25(22)30/h7-12,16,23,29H,6,13-15H2,1-5H3/b24-22-. The number of aliphatic hydroxyl groups is 1. The van der Waals surface area contributed by atoms with Gasteiger partial charge in [-0.3, -0.25) is 9.59 Å². The minimum absolute atomic E-state index is 0.124. The Kier molecular flexibility index (Phi) is 7.36. The van der Waals surface area contributed by atoms with Crippen molar-refractivity contribution in [3.63, 3.8) is 0 Å². The highest BCUT2D eigenvalue weighted by Crippen LogP contribution is 2.39. The van der Waals surface area contributed by atoms with E-state index in [4.69, 9.17) is 4.74 Å². The van der Waals surface area contributed by atoms with E-state index in [1.807, 2.05) is 64.0 Å². The Morgan fingerprint density at radius 2 is 1.78 bits per heavy atom. The quantitative estimate of drug-likeness (QED) is 0.384. The maximum atomic E-state index is 13.1. The number of likely N-dealkylation sites (tertiary alicyclic amines) is 1. The molecule has 170 valence electrons. The molecular weight excluding hydrogens is 404 g/mol. The van der Waals surface area contributed by atoms with Crippen molar-refractivity contribution < 1.29 is 19.4 Å². The smallest absolute Gasteiger partial charge is 0.295 e. The third-order valence-electron chi connectivity index (χ3n) is 5.63. The molecule has 0 bridgehead atoms. The first-order valence-electron chi connectivity index (χ1n) is 11.0. The van der Waals surface area contributed by atoms with Crippen molar-refractivity contribution in [2.45, 2.75) is 33.2 Å². The fourth-order valence-electron chi connectivity index (χ4n) is 3.84. The lowest BCUT2D eigenvalue weighted by atomic mass is 9.94. The molecular formula is C26H32N2O4. The van der Waals surface area contributed by atoms with Gasteiger partial charge in [0.2, 0.25) is 0 Å². The monoisotopic (exact) mass is 436 g/mol. The largest absolute Gasteiger partial charge is 0.507 e. The zero-order chi connectivity index (χ0) is 23.4. The zero-order valence-electron chi connectivity index (χ0n) is 19.5. The molecule has 0 aliphatic carbocycles. The molecule has 0 radical (unpaired) electrons. The van der Waals surface area contributed by atoms with Gasteiger partial charge in [-0.1, -0.05) is 36.8 Å². The Balaban J connectivity index is 2.09. The molecule has 32 heavy (non-hydrogen) atoms. The molecule has 1 saturated heterocycles. The van der Waals surface area contributed by atoms with Gasteiger partial charge < -0.3 is 19.6 Å². The highest BCUT2D eigenvalue weighted by atomic mass is 16.5. The molecule has 3 rings (SSSR count). The van der Waals surface area contributed by atoms with Gasteiger partial charge in [0, 0.05) is 18.7 Å². The summed E-state index contributed by atoms with van der Waals surface area (Å²) < 4.78 is 5.73. The van der Waals surface area contributed by atoms with E-state index in [-0.39, 0.29) is 11.3 Å². The van der Waals surface area contributed by atoms with Crippen molar-refractivity contribution in [2.24, 2.45) is 0 Å². The summed E-state index contributed by atoms with van der Waals surface area (Å²) >= 11 is 0. The van der Waals surface area contributed by atoms with Gasteiger partial charge in [-0.2, -0.15) is 0 Å². The number of aryl methyl sites for hydroxylation is 2. The van der Waals surface area contributed by atoms with Crippen molar-refractivity contribution in [2.75, 3.05) is 33.8 Å². The van der Waals surface area contributed by atoms with Gasteiger partial charge in [0.1, 0.15) is 11.5 Å². The van der Waals surface area contributed by atoms with Crippen LogP contribution in [0.1, 0.15) is 41.6 Å². The van der Waals surface area contributed by atoms with Gasteiger partial charge in [-0.25, -0.2) is 0 Å². The fraction of sp³-hybridized carbons (Fsp3) is 0.385. The van der Waals surface area contributed by atoms with Crippen LogP contribution in [-0.4, -0.2) is 60.4 Å². The first-order chi connectivity index (χ1) is 15.2. The van der Waals surface area contributed by atoms with Gasteiger partial charge >= 0.3 is 0 Å². The van der Waals surface area contributed by atoms with Crippen LogP contribution in [-0.2, 0) is 9.59 Å². The Bertz CT molecular complexity index is 1020. The molecule has 1 amide bonds. The summed E-state index contributed by atoms with van der Waals surface area (Å²) in [5.41, 5.74) is 3.36. The molecule has 0 spiro atoms. The highest BCUT2D eigenvalue weighted by molar-refractivity contribution is 6.46. The minimum atomic E-state index is -0.657. The lowest BCUT2D eigenvalue weighted by Crippen LogP contribution is -2.35. The number of Topliss-reactive ketones (excluding diaryl/α,β-unsaturated/α-hetero) is 1. The molecule has 2 aromatic carbocycles. The van der Waals surface area contributed by atoms with Crippen LogP contribution in [0.2, 0.25) is 0 Å². The number of rotatable bonds is 8. The number of amides is 1. The average Bonchev–Trinajstić information content (AvgIpc) is 3.01. The molecule has 1 aliphatic heterocycles. The van der Waals surface area contributed by atoms with Gasteiger partial charge in [-0.15, -0.1) is 0 Å². The Hall–Kier alpha value is -3.12. The first-order valence-corrected chi connectivity index (χ1v) is 11.0. The number of ether oxygens (including phenoxy) is 1. The van der Waals surface area contributed by atoms with Gasteiger partial charge in [0.25, 0.3) is 11.7 Å². The zero-order valence-corrected chi connectivity index (χ0v) is 19.5. The van der Waals surface area contributed by atoms with E-state index in [9.17, 15) is 14.7 Å². The normalized spacial score (nSPS) is 17.9. The molecule has 1 aliphatic rings. The van der Waals surface area contributed by atoms with Crippen LogP contribution in [0.3, 0.4) is 0 Å². The number of aliphatic hydroxyl groups excluding tert-OH is 1. The fourth-order valence-corrected chi connectivity index (χ4v) is 3.84. The number of likely N-dealkylation sites (N-methyl/N-ethyl adjacent to an activating group) is 1. The van der Waals surface area contributed by atoms with Crippen LogP contribution in [0, 0.1) is 13.8 Å². The molecule has 0 saturated carbocycles. The third kappa shape index (κ3) is 4.86. The summed E-state index contributed by atoms with van der Waals surface area (Å²) in [5, 5.41) is 11.2. The van der Waals surface area contributed by atoms with Crippen molar-refractivity contribution in [3.8, 4) is 5.75 Å².